The summed E-state index contributed by atoms with van der Waals surface area (Å²) in [7, 11) is 0. The number of esters is 1. The minimum absolute atomic E-state index is 0.243. The minimum atomic E-state index is -0.524. The van der Waals surface area contributed by atoms with Gasteiger partial charge in [-0.15, -0.1) is 0 Å². The molecular weight excluding hydrogens is 172 g/mol. The maximum Gasteiger partial charge on any atom is 0.307 e. The predicted octanol–water partition coefficient (Wildman–Crippen LogP) is 0.812. The number of ether oxygens (including phenoxy) is 1. The Morgan fingerprint density at radius 1 is 1.00 bits per heavy atom. The van der Waals surface area contributed by atoms with Crippen molar-refractivity contribution in [3.8, 4) is 0 Å². The fourth-order valence-corrected chi connectivity index (χ4v) is 1.06. The van der Waals surface area contributed by atoms with Gasteiger partial charge in [-0.3, -0.25) is 4.79 Å². The SMILES string of the molecule is O=C(CCCCCCCO)OCO. The molecule has 0 aliphatic heterocycles. The summed E-state index contributed by atoms with van der Waals surface area (Å²) in [4.78, 5) is 10.7. The van der Waals surface area contributed by atoms with Crippen LogP contribution >= 0.6 is 0 Å². The third-order valence-corrected chi connectivity index (χ3v) is 1.76. The molecule has 0 atom stereocenters. The quantitative estimate of drug-likeness (QED) is 0.338. The van der Waals surface area contributed by atoms with E-state index in [9.17, 15) is 4.79 Å². The van der Waals surface area contributed by atoms with E-state index in [1.54, 1.807) is 0 Å². The van der Waals surface area contributed by atoms with Gasteiger partial charge in [0, 0.05) is 13.0 Å². The van der Waals surface area contributed by atoms with Crippen LogP contribution in [-0.4, -0.2) is 29.6 Å². The average molecular weight is 190 g/mol. The van der Waals surface area contributed by atoms with Gasteiger partial charge in [-0.1, -0.05) is 19.3 Å². The Hall–Kier alpha value is -0.610. The molecule has 0 aromatic heterocycles. The maximum absolute atomic E-state index is 10.7. The zero-order chi connectivity index (χ0) is 9.94. The second kappa shape index (κ2) is 9.48. The summed E-state index contributed by atoms with van der Waals surface area (Å²) in [6.07, 6.45) is 5.02. The first kappa shape index (κ1) is 12.4. The van der Waals surface area contributed by atoms with Crippen molar-refractivity contribution in [2.75, 3.05) is 13.4 Å². The maximum atomic E-state index is 10.7. The van der Waals surface area contributed by atoms with Crippen LogP contribution in [-0.2, 0) is 9.53 Å². The van der Waals surface area contributed by atoms with Crippen molar-refractivity contribution in [2.45, 2.75) is 38.5 Å². The highest BCUT2D eigenvalue weighted by atomic mass is 16.6. The van der Waals surface area contributed by atoms with E-state index in [1.807, 2.05) is 0 Å². The van der Waals surface area contributed by atoms with Gasteiger partial charge >= 0.3 is 5.97 Å². The van der Waals surface area contributed by atoms with Crippen molar-refractivity contribution in [1.29, 1.82) is 0 Å². The summed E-state index contributed by atoms with van der Waals surface area (Å²) in [5, 5.41) is 16.7. The summed E-state index contributed by atoms with van der Waals surface area (Å²) < 4.78 is 4.35. The fraction of sp³-hybridized carbons (Fsp3) is 0.889. The molecule has 0 radical (unpaired) electrons. The van der Waals surface area contributed by atoms with E-state index in [-0.39, 0.29) is 12.6 Å². The monoisotopic (exact) mass is 190 g/mol. The van der Waals surface area contributed by atoms with E-state index < -0.39 is 6.79 Å². The molecule has 13 heavy (non-hydrogen) atoms. The van der Waals surface area contributed by atoms with Gasteiger partial charge in [-0.25, -0.2) is 0 Å². The Labute approximate surface area is 78.5 Å². The van der Waals surface area contributed by atoms with Gasteiger partial charge < -0.3 is 14.9 Å². The lowest BCUT2D eigenvalue weighted by atomic mass is 10.1. The van der Waals surface area contributed by atoms with Crippen LogP contribution in [0.4, 0.5) is 0 Å². The van der Waals surface area contributed by atoms with Crippen molar-refractivity contribution in [1.82, 2.24) is 0 Å². The van der Waals surface area contributed by atoms with Gasteiger partial charge in [-0.05, 0) is 12.8 Å². The van der Waals surface area contributed by atoms with Gasteiger partial charge in [-0.2, -0.15) is 0 Å². The van der Waals surface area contributed by atoms with Crippen molar-refractivity contribution in [2.24, 2.45) is 0 Å². The second-order valence-electron chi connectivity index (χ2n) is 2.89. The van der Waals surface area contributed by atoms with E-state index in [1.165, 1.54) is 0 Å². The Bertz CT molecular complexity index is 125. The molecule has 4 heteroatoms. The zero-order valence-electron chi connectivity index (χ0n) is 7.87. The molecule has 0 spiro atoms. The topological polar surface area (TPSA) is 66.8 Å². The van der Waals surface area contributed by atoms with Crippen LogP contribution in [0.1, 0.15) is 38.5 Å². The normalized spacial score (nSPS) is 10.0. The van der Waals surface area contributed by atoms with Gasteiger partial charge in [0.2, 0.25) is 0 Å². The highest BCUT2D eigenvalue weighted by Gasteiger charge is 2.00. The highest BCUT2D eigenvalue weighted by Crippen LogP contribution is 2.05. The summed E-state index contributed by atoms with van der Waals surface area (Å²) in [6, 6.07) is 0. The third-order valence-electron chi connectivity index (χ3n) is 1.76. The smallest absolute Gasteiger partial charge is 0.307 e. The lowest BCUT2D eigenvalue weighted by Gasteiger charge is -2.00. The van der Waals surface area contributed by atoms with Gasteiger partial charge in [0.15, 0.2) is 6.79 Å². The van der Waals surface area contributed by atoms with Crippen LogP contribution < -0.4 is 0 Å². The largest absolute Gasteiger partial charge is 0.439 e. The molecule has 78 valence electrons. The van der Waals surface area contributed by atoms with E-state index in [0.717, 1.165) is 32.1 Å². The molecule has 0 amide bonds. The summed E-state index contributed by atoms with van der Waals surface area (Å²) in [6.45, 7) is -0.282. The van der Waals surface area contributed by atoms with E-state index >= 15 is 0 Å². The molecule has 0 aromatic carbocycles. The molecule has 0 saturated heterocycles. The molecule has 0 saturated carbocycles. The van der Waals surface area contributed by atoms with Crippen LogP contribution in [0.2, 0.25) is 0 Å². The molecule has 2 N–H and O–H groups in total. The summed E-state index contributed by atoms with van der Waals surface area (Å²) >= 11 is 0. The lowest BCUT2D eigenvalue weighted by Crippen LogP contribution is -2.04. The van der Waals surface area contributed by atoms with Crippen LogP contribution in [0.25, 0.3) is 0 Å². The number of unbranched alkanes of at least 4 members (excludes halogenated alkanes) is 4. The highest BCUT2D eigenvalue weighted by molar-refractivity contribution is 5.69. The second-order valence-corrected chi connectivity index (χ2v) is 2.89. The van der Waals surface area contributed by atoms with E-state index in [4.69, 9.17) is 10.2 Å². The minimum Gasteiger partial charge on any atom is -0.439 e. The fourth-order valence-electron chi connectivity index (χ4n) is 1.06. The Morgan fingerprint density at radius 2 is 1.62 bits per heavy atom. The molecule has 0 unspecified atom stereocenters. The number of rotatable bonds is 8. The number of carbonyl (C=O) groups is 1. The Morgan fingerprint density at radius 3 is 2.23 bits per heavy atom. The van der Waals surface area contributed by atoms with Crippen LogP contribution in [0.3, 0.4) is 0 Å². The van der Waals surface area contributed by atoms with Crippen molar-refractivity contribution in [3.05, 3.63) is 0 Å². The number of hydrogen-bond donors (Lipinski definition) is 2. The first-order chi connectivity index (χ1) is 6.31. The number of carbonyl (C=O) groups excluding carboxylic acids is 1. The van der Waals surface area contributed by atoms with Gasteiger partial charge in [0.1, 0.15) is 0 Å². The van der Waals surface area contributed by atoms with Crippen molar-refractivity contribution >= 4 is 5.97 Å². The molecule has 0 aliphatic rings. The van der Waals surface area contributed by atoms with Gasteiger partial charge in [0.05, 0.1) is 0 Å². The van der Waals surface area contributed by atoms with Crippen molar-refractivity contribution in [3.63, 3.8) is 0 Å². The van der Waals surface area contributed by atoms with Crippen LogP contribution in [0.15, 0.2) is 0 Å². The van der Waals surface area contributed by atoms with Crippen molar-refractivity contribution < 1.29 is 19.7 Å². The van der Waals surface area contributed by atoms with Crippen LogP contribution in [0.5, 0.6) is 0 Å². The molecule has 0 aromatic rings. The third kappa shape index (κ3) is 9.30. The molecular formula is C9H18O4. The molecule has 4 nitrogen and oxygen atoms in total. The molecule has 0 fully saturated rings. The first-order valence-corrected chi connectivity index (χ1v) is 4.68. The van der Waals surface area contributed by atoms with Crippen LogP contribution in [0, 0.1) is 0 Å². The van der Waals surface area contributed by atoms with E-state index in [0.29, 0.717) is 6.42 Å². The summed E-state index contributed by atoms with van der Waals surface area (Å²) in [5.74, 6) is -0.343. The molecule has 0 bridgehead atoms. The lowest BCUT2D eigenvalue weighted by molar-refractivity contribution is -0.151. The first-order valence-electron chi connectivity index (χ1n) is 4.68. The molecule has 0 aliphatic carbocycles. The average Bonchev–Trinajstić information content (AvgIpc) is 2.11. The zero-order valence-corrected chi connectivity index (χ0v) is 7.87. The number of hydrogen-bond acceptors (Lipinski definition) is 4. The summed E-state index contributed by atoms with van der Waals surface area (Å²) in [5.41, 5.74) is 0. The van der Waals surface area contributed by atoms with Gasteiger partial charge in [0.25, 0.3) is 0 Å². The predicted molar refractivity (Wildman–Crippen MR) is 48.0 cm³/mol. The molecule has 0 rings (SSSR count). The number of aliphatic hydroxyl groups excluding tert-OH is 2. The Kier molecular flexibility index (Phi) is 9.03. The standard InChI is InChI=1S/C9H18O4/c10-7-5-3-1-2-4-6-9(12)13-8-11/h10-11H,1-8H2. The van der Waals surface area contributed by atoms with E-state index in [2.05, 4.69) is 4.74 Å². The molecule has 0 heterocycles. The number of aliphatic hydroxyl groups is 2. The Balaban J connectivity index is 3.02.